The van der Waals surface area contributed by atoms with Crippen LogP contribution < -0.4 is 9.47 Å². The Morgan fingerprint density at radius 1 is 1.06 bits per heavy atom. The molecule has 2 rings (SSSR count). The summed E-state index contributed by atoms with van der Waals surface area (Å²) in [6.07, 6.45) is 7.33. The van der Waals surface area contributed by atoms with E-state index in [1.165, 1.54) is 38.1 Å². The molecule has 0 saturated heterocycles. The smallest absolute Gasteiger partial charge is 0.330 e. The van der Waals surface area contributed by atoms with E-state index in [0.717, 1.165) is 18.5 Å². The predicted molar refractivity (Wildman–Crippen MR) is 114 cm³/mol. The van der Waals surface area contributed by atoms with Gasteiger partial charge in [-0.3, -0.25) is 9.59 Å². The fourth-order valence-corrected chi connectivity index (χ4v) is 2.78. The molecule has 0 radical (unpaired) electrons. The third-order valence-electron chi connectivity index (χ3n) is 4.18. The minimum absolute atomic E-state index is 0.0796. The molecule has 1 heterocycles. The molecule has 1 aromatic carbocycles. The van der Waals surface area contributed by atoms with Crippen LogP contribution in [-0.2, 0) is 32.1 Å². The predicted octanol–water partition coefficient (Wildman–Crippen LogP) is 2.09. The maximum atomic E-state index is 11.9. The minimum Gasteiger partial charge on any atom is -0.463 e. The van der Waals surface area contributed by atoms with E-state index in [0.29, 0.717) is 24.9 Å². The second kappa shape index (κ2) is 13.0. The molecule has 10 heteroatoms. The van der Waals surface area contributed by atoms with Crippen LogP contribution in [0, 0.1) is 0 Å². The SMILES string of the molecule is CC(=O)Oc1ccc(/C=C/C(=O)OCCCCc2cnnn2CCCO)cc1OC(C)=O. The summed E-state index contributed by atoms with van der Waals surface area (Å²) in [7, 11) is 0. The molecule has 0 spiro atoms. The minimum atomic E-state index is -0.564. The van der Waals surface area contributed by atoms with Crippen LogP contribution >= 0.6 is 0 Å². The highest BCUT2D eigenvalue weighted by Gasteiger charge is 2.11. The zero-order chi connectivity index (χ0) is 23.3. The van der Waals surface area contributed by atoms with E-state index in [9.17, 15) is 14.4 Å². The van der Waals surface area contributed by atoms with Gasteiger partial charge in [-0.25, -0.2) is 9.48 Å². The number of rotatable bonds is 12. The number of unbranched alkanes of at least 4 members (excludes halogenated alkanes) is 1. The molecule has 0 unspecified atom stereocenters. The van der Waals surface area contributed by atoms with Gasteiger partial charge in [0.15, 0.2) is 11.5 Å². The van der Waals surface area contributed by atoms with Crippen LogP contribution in [0.2, 0.25) is 0 Å². The van der Waals surface area contributed by atoms with E-state index >= 15 is 0 Å². The normalized spacial score (nSPS) is 10.8. The zero-order valence-electron chi connectivity index (χ0n) is 18.2. The summed E-state index contributed by atoms with van der Waals surface area (Å²) >= 11 is 0. The van der Waals surface area contributed by atoms with Gasteiger partial charge in [0.1, 0.15) is 0 Å². The Morgan fingerprint density at radius 2 is 1.81 bits per heavy atom. The number of carbonyl (C=O) groups excluding carboxylic acids is 3. The molecular weight excluding hydrogens is 418 g/mol. The Morgan fingerprint density at radius 3 is 2.53 bits per heavy atom. The number of ether oxygens (including phenoxy) is 3. The first-order valence-corrected chi connectivity index (χ1v) is 10.2. The molecule has 0 saturated carbocycles. The van der Waals surface area contributed by atoms with Gasteiger partial charge in [0, 0.05) is 33.1 Å². The van der Waals surface area contributed by atoms with Gasteiger partial charge in [-0.2, -0.15) is 0 Å². The number of aromatic nitrogens is 3. The van der Waals surface area contributed by atoms with Gasteiger partial charge in [0.05, 0.1) is 18.5 Å². The number of aliphatic hydroxyl groups excluding tert-OH is 1. The van der Waals surface area contributed by atoms with E-state index in [1.807, 2.05) is 0 Å². The zero-order valence-corrected chi connectivity index (χ0v) is 18.2. The van der Waals surface area contributed by atoms with Crippen LogP contribution in [0.4, 0.5) is 0 Å². The van der Waals surface area contributed by atoms with Gasteiger partial charge in [-0.1, -0.05) is 11.3 Å². The molecule has 32 heavy (non-hydrogen) atoms. The first kappa shape index (κ1) is 24.7. The van der Waals surface area contributed by atoms with Crippen LogP contribution in [-0.4, -0.2) is 51.2 Å². The van der Waals surface area contributed by atoms with Crippen molar-refractivity contribution < 1.29 is 33.7 Å². The topological polar surface area (TPSA) is 130 Å². The summed E-state index contributed by atoms with van der Waals surface area (Å²) in [4.78, 5) is 34.4. The van der Waals surface area contributed by atoms with Crippen LogP contribution in [0.25, 0.3) is 6.08 Å². The fourth-order valence-electron chi connectivity index (χ4n) is 2.78. The highest BCUT2D eigenvalue weighted by molar-refractivity contribution is 5.87. The largest absolute Gasteiger partial charge is 0.463 e. The van der Waals surface area contributed by atoms with Crippen LogP contribution in [0.3, 0.4) is 0 Å². The molecule has 0 fully saturated rings. The summed E-state index contributed by atoms with van der Waals surface area (Å²) in [5.41, 5.74) is 1.54. The lowest BCUT2D eigenvalue weighted by Gasteiger charge is -2.09. The average molecular weight is 445 g/mol. The third-order valence-corrected chi connectivity index (χ3v) is 4.18. The lowest BCUT2D eigenvalue weighted by Crippen LogP contribution is -2.08. The van der Waals surface area contributed by atoms with Crippen molar-refractivity contribution in [2.75, 3.05) is 13.2 Å². The first-order chi connectivity index (χ1) is 15.4. The summed E-state index contributed by atoms with van der Waals surface area (Å²) < 4.78 is 17.0. The lowest BCUT2D eigenvalue weighted by molar-refractivity contribution is -0.138. The molecule has 0 bridgehead atoms. The Balaban J connectivity index is 1.80. The van der Waals surface area contributed by atoms with Gasteiger partial charge >= 0.3 is 17.9 Å². The number of nitrogens with zero attached hydrogens (tertiary/aromatic N) is 3. The van der Waals surface area contributed by atoms with E-state index in [1.54, 1.807) is 16.9 Å². The number of hydrogen-bond acceptors (Lipinski definition) is 9. The fraction of sp³-hybridized carbons (Fsp3) is 0.409. The molecule has 0 atom stereocenters. The van der Waals surface area contributed by atoms with Crippen LogP contribution in [0.5, 0.6) is 11.5 Å². The summed E-state index contributed by atoms with van der Waals surface area (Å²) in [6.45, 7) is 3.46. The van der Waals surface area contributed by atoms with Crippen LogP contribution in [0.15, 0.2) is 30.5 Å². The Bertz CT molecular complexity index is 953. The second-order valence-corrected chi connectivity index (χ2v) is 6.88. The Kier molecular flexibility index (Phi) is 10.1. The van der Waals surface area contributed by atoms with Gasteiger partial charge in [0.2, 0.25) is 0 Å². The van der Waals surface area contributed by atoms with Crippen molar-refractivity contribution in [1.82, 2.24) is 15.0 Å². The summed E-state index contributed by atoms with van der Waals surface area (Å²) in [6, 6.07) is 4.57. The van der Waals surface area contributed by atoms with Crippen molar-refractivity contribution in [2.24, 2.45) is 0 Å². The molecule has 1 N–H and O–H groups in total. The quantitative estimate of drug-likeness (QED) is 0.226. The molecule has 10 nitrogen and oxygen atoms in total. The summed E-state index contributed by atoms with van der Waals surface area (Å²) in [5.74, 6) is -1.42. The maximum Gasteiger partial charge on any atom is 0.330 e. The number of esters is 3. The van der Waals surface area contributed by atoms with E-state index in [-0.39, 0.29) is 24.7 Å². The van der Waals surface area contributed by atoms with Crippen molar-refractivity contribution >= 4 is 24.0 Å². The Labute approximate surface area is 185 Å². The summed E-state index contributed by atoms with van der Waals surface area (Å²) in [5, 5.41) is 16.8. The van der Waals surface area contributed by atoms with Gasteiger partial charge < -0.3 is 19.3 Å². The molecular formula is C22H27N3O7. The number of hydrogen-bond donors (Lipinski definition) is 1. The van der Waals surface area contributed by atoms with Gasteiger partial charge in [-0.15, -0.1) is 5.10 Å². The highest BCUT2D eigenvalue weighted by atomic mass is 16.6. The number of carbonyl (C=O) groups is 3. The molecule has 0 aliphatic carbocycles. The molecule has 1 aromatic heterocycles. The molecule has 0 amide bonds. The van der Waals surface area contributed by atoms with Crippen molar-refractivity contribution in [1.29, 1.82) is 0 Å². The monoisotopic (exact) mass is 445 g/mol. The van der Waals surface area contributed by atoms with Crippen molar-refractivity contribution in [3.63, 3.8) is 0 Å². The lowest BCUT2D eigenvalue weighted by atomic mass is 10.2. The third kappa shape index (κ3) is 8.68. The van der Waals surface area contributed by atoms with E-state index in [2.05, 4.69) is 10.3 Å². The van der Waals surface area contributed by atoms with E-state index in [4.69, 9.17) is 19.3 Å². The second-order valence-electron chi connectivity index (χ2n) is 6.88. The van der Waals surface area contributed by atoms with Crippen LogP contribution in [0.1, 0.15) is 44.4 Å². The van der Waals surface area contributed by atoms with Crippen molar-refractivity contribution in [3.8, 4) is 11.5 Å². The number of aryl methyl sites for hydroxylation is 2. The van der Waals surface area contributed by atoms with Crippen molar-refractivity contribution in [2.45, 2.75) is 46.1 Å². The van der Waals surface area contributed by atoms with Crippen molar-refractivity contribution in [3.05, 3.63) is 41.7 Å². The maximum absolute atomic E-state index is 11.9. The molecule has 0 aliphatic heterocycles. The number of aliphatic hydroxyl groups is 1. The highest BCUT2D eigenvalue weighted by Crippen LogP contribution is 2.29. The standard InChI is InChI=1S/C22H27N3O7/c1-16(27)31-20-9-7-18(14-21(20)32-17(2)28)8-10-22(29)30-13-4-3-6-19-15-23-24-25(19)11-5-12-26/h7-10,14-15,26H,3-6,11-13H2,1-2H3/b10-8+. The Hall–Kier alpha value is -3.53. The van der Waals surface area contributed by atoms with E-state index < -0.39 is 17.9 Å². The molecule has 2 aromatic rings. The van der Waals surface area contributed by atoms with Gasteiger partial charge in [0.25, 0.3) is 0 Å². The van der Waals surface area contributed by atoms with Gasteiger partial charge in [-0.05, 0) is 49.5 Å². The number of benzene rings is 1. The average Bonchev–Trinajstić information content (AvgIpc) is 3.18. The molecule has 0 aliphatic rings. The first-order valence-electron chi connectivity index (χ1n) is 10.2. The molecule has 172 valence electrons.